The lowest BCUT2D eigenvalue weighted by Gasteiger charge is -2.53. The van der Waals surface area contributed by atoms with Crippen molar-refractivity contribution in [3.05, 3.63) is 125 Å². The highest BCUT2D eigenvalue weighted by atomic mass is 15.4. The van der Waals surface area contributed by atoms with Crippen molar-refractivity contribution in [1.82, 2.24) is 0 Å². The normalized spacial score (nSPS) is 18.6. The van der Waals surface area contributed by atoms with Gasteiger partial charge >= 0.3 is 0 Å². The van der Waals surface area contributed by atoms with Crippen LogP contribution in [0.2, 0.25) is 0 Å². The summed E-state index contributed by atoms with van der Waals surface area (Å²) < 4.78 is 0. The largest absolute Gasteiger partial charge is 0.349 e. The van der Waals surface area contributed by atoms with Gasteiger partial charge in [-0.25, -0.2) is 0 Å². The van der Waals surface area contributed by atoms with E-state index >= 15 is 0 Å². The van der Waals surface area contributed by atoms with Crippen LogP contribution in [0.3, 0.4) is 0 Å². The van der Waals surface area contributed by atoms with E-state index in [-0.39, 0.29) is 0 Å². The molecule has 0 radical (unpaired) electrons. The third-order valence-corrected chi connectivity index (χ3v) is 15.8. The Hall–Kier alpha value is -5.50. The molecule has 0 saturated heterocycles. The van der Waals surface area contributed by atoms with Crippen LogP contribution in [-0.2, 0) is 52.4 Å². The lowest BCUT2D eigenvalue weighted by atomic mass is 9.84. The van der Waals surface area contributed by atoms with Gasteiger partial charge in [-0.2, -0.15) is 0 Å². The molecule has 0 saturated carbocycles. The van der Waals surface area contributed by atoms with E-state index in [0.29, 0.717) is 0 Å². The number of hydrogen-bond donors (Lipinski definition) is 0. The zero-order valence-electron chi connectivity index (χ0n) is 35.5. The minimum atomic E-state index is 0.962. The average Bonchev–Trinajstić information content (AvgIpc) is 3.20. The molecule has 8 nitrogen and oxygen atoms in total. The quantitative estimate of drug-likeness (QED) is 0.154. The number of aryl methyl sites for hydroxylation is 2. The first-order chi connectivity index (χ1) is 28.0. The average molecular weight is 767 g/mol. The molecular weight excluding hydrogens is 713 g/mol. The zero-order chi connectivity index (χ0) is 39.2. The maximum absolute atomic E-state index is 2.74. The molecule has 8 bridgehead atoms. The first-order valence-electron chi connectivity index (χ1n) is 21.7. The Bertz CT molecular complexity index is 2560. The van der Waals surface area contributed by atoms with E-state index in [9.17, 15) is 0 Å². The second kappa shape index (κ2) is 11.2. The number of hydrogen-bond acceptors (Lipinski definition) is 8. The fourth-order valence-electron chi connectivity index (χ4n) is 13.3. The minimum absolute atomic E-state index is 0.962. The number of benzene rings is 5. The van der Waals surface area contributed by atoms with Crippen LogP contribution in [0.4, 0.5) is 45.5 Å². The monoisotopic (exact) mass is 766 g/mol. The summed E-state index contributed by atoms with van der Waals surface area (Å²) in [4.78, 5) is 21.5. The molecule has 8 heteroatoms. The maximum atomic E-state index is 2.74. The summed E-state index contributed by atoms with van der Waals surface area (Å²) in [5, 5.41) is 0. The van der Waals surface area contributed by atoms with Gasteiger partial charge in [-0.1, -0.05) is 35.4 Å². The topological polar surface area (TPSA) is 25.9 Å². The van der Waals surface area contributed by atoms with E-state index in [1.165, 1.54) is 135 Å². The van der Waals surface area contributed by atoms with Gasteiger partial charge in [0.2, 0.25) is 0 Å². The zero-order valence-corrected chi connectivity index (χ0v) is 35.5. The molecule has 0 amide bonds. The molecule has 58 heavy (non-hydrogen) atoms. The standard InChI is InChI=1S/C50H54N8/c1-27-9-11-43-35(13-27)15-53-23-51(43)17-37-29(3)47-39(31(5)45(37)53)19-57-25-55(47)21-41-34(8)50-42(33(7)49(41)57)22-56-26-58(50)20-40-32(6)46-38(30(4)48(40)56)18-52-24-54(46)16-36-14-28(2)10-12-44(36)52/h9-14H,15-26H2,1-8H3. The van der Waals surface area contributed by atoms with Crippen LogP contribution in [-0.4, -0.2) is 26.7 Å². The highest BCUT2D eigenvalue weighted by Gasteiger charge is 2.43. The van der Waals surface area contributed by atoms with Crippen molar-refractivity contribution >= 4 is 45.5 Å². The molecule has 294 valence electrons. The van der Waals surface area contributed by atoms with E-state index in [1.807, 2.05) is 0 Å². The number of rotatable bonds is 0. The van der Waals surface area contributed by atoms with Gasteiger partial charge in [-0.3, -0.25) is 0 Å². The Labute approximate surface area is 343 Å². The van der Waals surface area contributed by atoms with Gasteiger partial charge < -0.3 is 39.2 Å². The number of fused-ring (bicyclic) bond motifs is 24. The van der Waals surface area contributed by atoms with Crippen LogP contribution in [0, 0.1) is 55.4 Å². The minimum Gasteiger partial charge on any atom is -0.349 e. The van der Waals surface area contributed by atoms with Crippen molar-refractivity contribution < 1.29 is 0 Å². The molecule has 8 heterocycles. The Morgan fingerprint density at radius 3 is 0.828 bits per heavy atom. The van der Waals surface area contributed by atoms with Crippen LogP contribution < -0.4 is 39.2 Å². The van der Waals surface area contributed by atoms with Crippen molar-refractivity contribution in [3.8, 4) is 0 Å². The molecule has 0 fully saturated rings. The molecule has 13 rings (SSSR count). The predicted octanol–water partition coefficient (Wildman–Crippen LogP) is 9.34. The van der Waals surface area contributed by atoms with E-state index in [2.05, 4.69) is 131 Å². The van der Waals surface area contributed by atoms with Gasteiger partial charge in [-0.05, 0) is 112 Å². The second-order valence-corrected chi connectivity index (χ2v) is 19.1. The fourth-order valence-corrected chi connectivity index (χ4v) is 13.3. The van der Waals surface area contributed by atoms with Gasteiger partial charge in [0.15, 0.2) is 0 Å². The second-order valence-electron chi connectivity index (χ2n) is 19.1. The Morgan fingerprint density at radius 2 is 0.534 bits per heavy atom. The number of anilines is 8. The number of nitrogens with zero attached hydrogens (tertiary/aromatic N) is 8. The summed E-state index contributed by atoms with van der Waals surface area (Å²) in [7, 11) is 0. The molecule has 8 aliphatic heterocycles. The van der Waals surface area contributed by atoms with Crippen LogP contribution in [0.1, 0.15) is 89.0 Å². The fraction of sp³-hybridized carbons (Fsp3) is 0.400. The van der Waals surface area contributed by atoms with Crippen molar-refractivity contribution in [3.63, 3.8) is 0 Å². The Morgan fingerprint density at radius 1 is 0.293 bits per heavy atom. The molecule has 0 aliphatic carbocycles. The molecule has 0 aromatic heterocycles. The Balaban J connectivity index is 0.886. The molecule has 0 atom stereocenters. The van der Waals surface area contributed by atoms with Gasteiger partial charge in [-0.15, -0.1) is 0 Å². The summed E-state index contributed by atoms with van der Waals surface area (Å²) >= 11 is 0. The summed E-state index contributed by atoms with van der Waals surface area (Å²) in [6.07, 6.45) is 0. The highest BCUT2D eigenvalue weighted by Crippen LogP contribution is 2.55. The van der Waals surface area contributed by atoms with Gasteiger partial charge in [0.25, 0.3) is 0 Å². The van der Waals surface area contributed by atoms with Crippen molar-refractivity contribution in [2.45, 2.75) is 108 Å². The molecule has 0 unspecified atom stereocenters. The predicted molar refractivity (Wildman–Crippen MR) is 239 cm³/mol. The smallest absolute Gasteiger partial charge is 0.0910 e. The maximum Gasteiger partial charge on any atom is 0.0910 e. The van der Waals surface area contributed by atoms with E-state index in [1.54, 1.807) is 0 Å². The SMILES string of the molecule is Cc1ccc2c(c1)CN1CN2Cc2c(C)c3c(c(C)c21)CN1CN3Cc2c(C)c3c(c(C)c21)CN1CN3Cc2c(C)c3c(c(C)c21)CN1CN3Cc2cc(C)ccc21. The van der Waals surface area contributed by atoms with Gasteiger partial charge in [0.1, 0.15) is 0 Å². The summed E-state index contributed by atoms with van der Waals surface area (Å²) in [5.74, 6) is 0. The molecule has 0 spiro atoms. The van der Waals surface area contributed by atoms with Crippen LogP contribution in [0.15, 0.2) is 36.4 Å². The summed E-state index contributed by atoms with van der Waals surface area (Å²) in [5.41, 5.74) is 35.6. The lowest BCUT2D eigenvalue weighted by molar-refractivity contribution is 0.610. The van der Waals surface area contributed by atoms with Crippen LogP contribution in [0.5, 0.6) is 0 Å². The van der Waals surface area contributed by atoms with Gasteiger partial charge in [0.05, 0.1) is 26.7 Å². The first kappa shape index (κ1) is 33.5. The third kappa shape index (κ3) is 4.16. The Kier molecular flexibility index (Phi) is 6.44. The molecular formula is C50H54N8. The molecule has 5 aromatic rings. The first-order valence-corrected chi connectivity index (χ1v) is 21.7. The van der Waals surface area contributed by atoms with E-state index in [4.69, 9.17) is 0 Å². The van der Waals surface area contributed by atoms with Gasteiger partial charge in [0, 0.05) is 131 Å². The summed E-state index contributed by atoms with van der Waals surface area (Å²) in [6, 6.07) is 14.1. The molecule has 8 aliphatic rings. The highest BCUT2D eigenvalue weighted by molar-refractivity contribution is 5.87. The molecule has 5 aromatic carbocycles. The van der Waals surface area contributed by atoms with Crippen molar-refractivity contribution in [2.75, 3.05) is 65.9 Å². The van der Waals surface area contributed by atoms with E-state index in [0.717, 1.165) is 79.0 Å². The van der Waals surface area contributed by atoms with Crippen molar-refractivity contribution in [1.29, 1.82) is 0 Å². The summed E-state index contributed by atoms with van der Waals surface area (Å²) in [6.45, 7) is 30.8. The molecule has 0 N–H and O–H groups in total. The van der Waals surface area contributed by atoms with Crippen molar-refractivity contribution in [2.24, 2.45) is 0 Å². The third-order valence-electron chi connectivity index (χ3n) is 15.8. The van der Waals surface area contributed by atoms with Crippen LogP contribution >= 0.6 is 0 Å². The van der Waals surface area contributed by atoms with Crippen LogP contribution in [0.25, 0.3) is 0 Å². The van der Waals surface area contributed by atoms with E-state index < -0.39 is 0 Å². The lowest BCUT2D eigenvalue weighted by Crippen LogP contribution is -2.51.